The third-order valence-corrected chi connectivity index (χ3v) is 4.53. The van der Waals surface area contributed by atoms with Gasteiger partial charge in [-0.15, -0.1) is 0 Å². The van der Waals surface area contributed by atoms with Crippen LogP contribution in [0, 0.1) is 0 Å². The molecule has 0 aromatic heterocycles. The van der Waals surface area contributed by atoms with Gasteiger partial charge in [-0.1, -0.05) is 12.1 Å². The molecule has 2 fully saturated rings. The van der Waals surface area contributed by atoms with Crippen LogP contribution in [0.25, 0.3) is 0 Å². The van der Waals surface area contributed by atoms with E-state index in [1.807, 2.05) is 12.1 Å². The van der Waals surface area contributed by atoms with E-state index in [-0.39, 0.29) is 17.7 Å². The van der Waals surface area contributed by atoms with Gasteiger partial charge in [0.2, 0.25) is 5.91 Å². The summed E-state index contributed by atoms with van der Waals surface area (Å²) in [5.74, 6) is 0.360. The van der Waals surface area contributed by atoms with Crippen LogP contribution in [-0.4, -0.2) is 53.8 Å². The summed E-state index contributed by atoms with van der Waals surface area (Å²) >= 11 is 0. The molecule has 5 nitrogen and oxygen atoms in total. The second-order valence-corrected chi connectivity index (χ2v) is 6.42. The number of nitrogens with one attached hydrogen (secondary N) is 1. The molecule has 2 aliphatic rings. The van der Waals surface area contributed by atoms with Crippen molar-refractivity contribution < 1.29 is 14.6 Å². The number of phenolic OH excluding ortho intramolecular Hbond substituents is 1. The van der Waals surface area contributed by atoms with Crippen molar-refractivity contribution in [1.82, 2.24) is 10.2 Å². The van der Waals surface area contributed by atoms with Crippen LogP contribution in [-0.2, 0) is 16.0 Å². The summed E-state index contributed by atoms with van der Waals surface area (Å²) in [5, 5.41) is 12.4. The molecule has 0 bridgehead atoms. The van der Waals surface area contributed by atoms with Crippen molar-refractivity contribution in [2.45, 2.75) is 44.4 Å². The first kappa shape index (κ1) is 15.3. The number of fused-ring (bicyclic) bond motifs is 1. The number of ether oxygens (including phenoxy) is 1. The number of amides is 1. The molecule has 1 amide bonds. The van der Waals surface area contributed by atoms with Gasteiger partial charge < -0.3 is 15.2 Å². The maximum atomic E-state index is 12.1. The number of hydrogen-bond acceptors (Lipinski definition) is 4. The molecule has 120 valence electrons. The number of benzene rings is 1. The quantitative estimate of drug-likeness (QED) is 0.880. The number of phenols is 1. The lowest BCUT2D eigenvalue weighted by Gasteiger charge is -2.33. The molecule has 2 aliphatic heterocycles. The molecule has 22 heavy (non-hydrogen) atoms. The van der Waals surface area contributed by atoms with Crippen molar-refractivity contribution in [3.8, 4) is 5.75 Å². The lowest BCUT2D eigenvalue weighted by atomic mass is 10.1. The molecule has 0 unspecified atom stereocenters. The van der Waals surface area contributed by atoms with Crippen LogP contribution in [0.1, 0.15) is 25.3 Å². The maximum Gasteiger partial charge on any atom is 0.220 e. The Morgan fingerprint density at radius 1 is 1.36 bits per heavy atom. The van der Waals surface area contributed by atoms with E-state index in [0.717, 1.165) is 31.7 Å². The van der Waals surface area contributed by atoms with Crippen LogP contribution in [0.2, 0.25) is 0 Å². The molecule has 1 aromatic carbocycles. The molecule has 5 heteroatoms. The molecule has 2 saturated heterocycles. The van der Waals surface area contributed by atoms with Gasteiger partial charge in [0.25, 0.3) is 0 Å². The number of morpholine rings is 1. The van der Waals surface area contributed by atoms with E-state index in [9.17, 15) is 9.90 Å². The van der Waals surface area contributed by atoms with Gasteiger partial charge in [0.05, 0.1) is 12.7 Å². The largest absolute Gasteiger partial charge is 0.508 e. The van der Waals surface area contributed by atoms with E-state index in [1.54, 1.807) is 12.1 Å². The summed E-state index contributed by atoms with van der Waals surface area (Å²) in [6.45, 7) is 4.77. The fourth-order valence-corrected chi connectivity index (χ4v) is 3.36. The number of aryl methyl sites for hydroxylation is 1. The van der Waals surface area contributed by atoms with Crippen LogP contribution >= 0.6 is 0 Å². The monoisotopic (exact) mass is 304 g/mol. The van der Waals surface area contributed by atoms with Crippen LogP contribution in [0.4, 0.5) is 0 Å². The number of hydrogen-bond donors (Lipinski definition) is 2. The van der Waals surface area contributed by atoms with Crippen LogP contribution < -0.4 is 5.32 Å². The molecule has 2 heterocycles. The van der Waals surface area contributed by atoms with Gasteiger partial charge in [0.1, 0.15) is 5.75 Å². The van der Waals surface area contributed by atoms with Crippen molar-refractivity contribution in [3.63, 3.8) is 0 Å². The molecule has 2 N–H and O–H groups in total. The average Bonchev–Trinajstić information content (AvgIpc) is 2.88. The summed E-state index contributed by atoms with van der Waals surface area (Å²) in [7, 11) is 0. The number of carbonyl (C=O) groups excluding carboxylic acids is 1. The van der Waals surface area contributed by atoms with Crippen molar-refractivity contribution >= 4 is 5.91 Å². The molecule has 0 radical (unpaired) electrons. The number of carbonyl (C=O) groups is 1. The normalized spacial score (nSPS) is 28.3. The van der Waals surface area contributed by atoms with E-state index >= 15 is 0 Å². The topological polar surface area (TPSA) is 61.8 Å². The van der Waals surface area contributed by atoms with Crippen molar-refractivity contribution in [2.24, 2.45) is 0 Å². The Bertz CT molecular complexity index is 517. The predicted molar refractivity (Wildman–Crippen MR) is 83.8 cm³/mol. The Balaban J connectivity index is 1.43. The molecular weight excluding hydrogens is 280 g/mol. The smallest absolute Gasteiger partial charge is 0.220 e. The summed E-state index contributed by atoms with van der Waals surface area (Å²) in [5.41, 5.74) is 1.07. The first-order valence-corrected chi connectivity index (χ1v) is 8.03. The van der Waals surface area contributed by atoms with Gasteiger partial charge in [-0.3, -0.25) is 9.69 Å². The zero-order valence-corrected chi connectivity index (χ0v) is 13.0. The molecule has 0 spiro atoms. The zero-order valence-electron chi connectivity index (χ0n) is 13.0. The van der Waals surface area contributed by atoms with E-state index < -0.39 is 0 Å². The minimum atomic E-state index is 0.104. The Labute approximate surface area is 131 Å². The molecule has 0 saturated carbocycles. The molecule has 3 rings (SSSR count). The lowest BCUT2D eigenvalue weighted by molar-refractivity contribution is -0.121. The molecule has 3 atom stereocenters. The van der Waals surface area contributed by atoms with Gasteiger partial charge in [0, 0.05) is 31.6 Å². The second kappa shape index (κ2) is 6.67. The van der Waals surface area contributed by atoms with Gasteiger partial charge in [-0.2, -0.15) is 0 Å². The average molecular weight is 304 g/mol. The van der Waals surface area contributed by atoms with E-state index in [2.05, 4.69) is 17.1 Å². The van der Waals surface area contributed by atoms with Crippen molar-refractivity contribution in [3.05, 3.63) is 29.8 Å². The van der Waals surface area contributed by atoms with E-state index in [1.165, 1.54) is 0 Å². The van der Waals surface area contributed by atoms with Gasteiger partial charge >= 0.3 is 0 Å². The Morgan fingerprint density at radius 3 is 2.91 bits per heavy atom. The summed E-state index contributed by atoms with van der Waals surface area (Å²) in [6, 6.07) is 7.73. The Kier molecular flexibility index (Phi) is 4.64. The summed E-state index contributed by atoms with van der Waals surface area (Å²) in [6.07, 6.45) is 2.46. The van der Waals surface area contributed by atoms with E-state index in [4.69, 9.17) is 4.74 Å². The summed E-state index contributed by atoms with van der Waals surface area (Å²) in [4.78, 5) is 14.5. The molecule has 1 aromatic rings. The lowest BCUT2D eigenvalue weighted by Crippen LogP contribution is -2.45. The van der Waals surface area contributed by atoms with Gasteiger partial charge in [-0.05, 0) is 37.5 Å². The standard InChI is InChI=1S/C17H24N2O3/c1-12-9-19-10-14(8-15(19)11-22-12)18-17(21)7-4-13-2-5-16(20)6-3-13/h2-3,5-6,12,14-15,20H,4,7-11H2,1H3,(H,18,21)/t12-,14+,15-/m0/s1. The van der Waals surface area contributed by atoms with Crippen molar-refractivity contribution in [2.75, 3.05) is 19.7 Å². The molecule has 0 aliphatic carbocycles. The van der Waals surface area contributed by atoms with Crippen LogP contribution in [0.3, 0.4) is 0 Å². The highest BCUT2D eigenvalue weighted by Crippen LogP contribution is 2.23. The van der Waals surface area contributed by atoms with Crippen molar-refractivity contribution in [1.29, 1.82) is 0 Å². The second-order valence-electron chi connectivity index (χ2n) is 6.42. The highest BCUT2D eigenvalue weighted by atomic mass is 16.5. The Hall–Kier alpha value is -1.59. The van der Waals surface area contributed by atoms with Crippen LogP contribution in [0.15, 0.2) is 24.3 Å². The predicted octanol–water partition coefficient (Wildman–Crippen LogP) is 1.30. The third kappa shape index (κ3) is 3.78. The number of nitrogens with zero attached hydrogens (tertiary/aromatic N) is 1. The van der Waals surface area contributed by atoms with Gasteiger partial charge in [-0.25, -0.2) is 0 Å². The molecular formula is C17H24N2O3. The fourth-order valence-electron chi connectivity index (χ4n) is 3.36. The number of aromatic hydroxyl groups is 1. The minimum Gasteiger partial charge on any atom is -0.508 e. The minimum absolute atomic E-state index is 0.104. The van der Waals surface area contributed by atoms with Gasteiger partial charge in [0.15, 0.2) is 0 Å². The SMILES string of the molecule is C[C@H]1CN2C[C@H](NC(=O)CCc3ccc(O)cc3)C[C@H]2CO1. The number of rotatable bonds is 4. The highest BCUT2D eigenvalue weighted by molar-refractivity contribution is 5.76. The maximum absolute atomic E-state index is 12.1. The first-order chi connectivity index (χ1) is 10.6. The van der Waals surface area contributed by atoms with E-state index in [0.29, 0.717) is 25.0 Å². The third-order valence-electron chi connectivity index (χ3n) is 4.53. The highest BCUT2D eigenvalue weighted by Gasteiger charge is 2.36. The first-order valence-electron chi connectivity index (χ1n) is 8.03. The van der Waals surface area contributed by atoms with Crippen LogP contribution in [0.5, 0.6) is 5.75 Å². The zero-order chi connectivity index (χ0) is 15.5. The fraction of sp³-hybridized carbons (Fsp3) is 0.588. The Morgan fingerprint density at radius 2 is 2.14 bits per heavy atom. The summed E-state index contributed by atoms with van der Waals surface area (Å²) < 4.78 is 5.69.